The van der Waals surface area contributed by atoms with Gasteiger partial charge in [0.2, 0.25) is 5.91 Å². The summed E-state index contributed by atoms with van der Waals surface area (Å²) in [5, 5.41) is 22.1. The Morgan fingerprint density at radius 3 is 2.58 bits per heavy atom. The lowest BCUT2D eigenvalue weighted by atomic mass is 9.76. The summed E-state index contributed by atoms with van der Waals surface area (Å²) in [6.45, 7) is 0. The van der Waals surface area contributed by atoms with Gasteiger partial charge in [0, 0.05) is 0 Å². The highest BCUT2D eigenvalue weighted by Crippen LogP contribution is 2.34. The minimum absolute atomic E-state index is 0. The van der Waals surface area contributed by atoms with Gasteiger partial charge in [-0.25, -0.2) is 13.4 Å². The Hall–Kier alpha value is -2.27. The van der Waals surface area contributed by atoms with E-state index in [9.17, 15) is 23.3 Å². The first-order valence-corrected chi connectivity index (χ1v) is 13.1. The number of carbonyl (C=O) groups is 1. The first kappa shape index (κ1) is 25.4. The summed E-state index contributed by atoms with van der Waals surface area (Å²) in [4.78, 5) is 17.5. The first-order chi connectivity index (χ1) is 15.3. The van der Waals surface area contributed by atoms with Crippen molar-refractivity contribution in [3.63, 3.8) is 0 Å². The number of rotatable bonds is 10. The second-order valence-electron chi connectivity index (χ2n) is 8.36. The van der Waals surface area contributed by atoms with Crippen molar-refractivity contribution in [1.82, 2.24) is 10.3 Å². The highest BCUT2D eigenvalue weighted by Gasteiger charge is 2.35. The average Bonchev–Trinajstić information content (AvgIpc) is 3.46. The molecule has 0 spiro atoms. The predicted molar refractivity (Wildman–Crippen MR) is 132 cm³/mol. The third-order valence-corrected chi connectivity index (χ3v) is 8.36. The molecule has 176 valence electrons. The number of hydrogen-bond acceptors (Lipinski definition) is 7. The fourth-order valence-electron chi connectivity index (χ4n) is 3.78. The quantitative estimate of drug-likeness (QED) is 0.378. The zero-order valence-electron chi connectivity index (χ0n) is 17.4. The summed E-state index contributed by atoms with van der Waals surface area (Å²) in [5.41, 5.74) is 3.23. The van der Waals surface area contributed by atoms with Crippen LogP contribution in [-0.4, -0.2) is 48.2 Å². The molecule has 2 aromatic carbocycles. The summed E-state index contributed by atoms with van der Waals surface area (Å²) in [6, 6.07) is 14.0. The van der Waals surface area contributed by atoms with E-state index in [1.165, 1.54) is 17.4 Å². The van der Waals surface area contributed by atoms with Crippen LogP contribution in [0.3, 0.4) is 0 Å². The molecule has 1 fully saturated rings. The highest BCUT2D eigenvalue weighted by molar-refractivity contribution is 7.91. The molecule has 1 saturated carbocycles. The van der Waals surface area contributed by atoms with E-state index in [-0.39, 0.29) is 24.5 Å². The van der Waals surface area contributed by atoms with E-state index in [0.717, 1.165) is 28.6 Å². The molecule has 1 aliphatic carbocycles. The van der Waals surface area contributed by atoms with Crippen LogP contribution in [0.5, 0.6) is 0 Å². The smallest absolute Gasteiger partial charge is 0.426 e. The summed E-state index contributed by atoms with van der Waals surface area (Å²) in [6.07, 6.45) is 2.70. The Labute approximate surface area is 198 Å². The van der Waals surface area contributed by atoms with Crippen LogP contribution in [0.15, 0.2) is 58.9 Å². The molecule has 0 unspecified atom stereocenters. The van der Waals surface area contributed by atoms with Crippen LogP contribution < -0.4 is 5.32 Å². The number of carbonyl (C=O) groups excluding carboxylic acids is 1. The van der Waals surface area contributed by atoms with Crippen molar-refractivity contribution in [3.8, 4) is 0 Å². The van der Waals surface area contributed by atoms with E-state index in [2.05, 4.69) is 10.3 Å². The number of amides is 1. The van der Waals surface area contributed by atoms with Crippen molar-refractivity contribution in [2.45, 2.75) is 43.9 Å². The van der Waals surface area contributed by atoms with E-state index in [4.69, 9.17) is 0 Å². The molecule has 1 heterocycles. The molecule has 0 saturated heterocycles. The van der Waals surface area contributed by atoms with Crippen molar-refractivity contribution in [1.29, 1.82) is 0 Å². The van der Waals surface area contributed by atoms with E-state index in [0.29, 0.717) is 12.3 Å². The lowest BCUT2D eigenvalue weighted by Crippen LogP contribution is -2.50. The van der Waals surface area contributed by atoms with Gasteiger partial charge < -0.3 is 15.4 Å². The van der Waals surface area contributed by atoms with Gasteiger partial charge in [0.15, 0.2) is 9.84 Å². The molecule has 1 aliphatic rings. The normalized spacial score (nSPS) is 15.5. The van der Waals surface area contributed by atoms with Crippen molar-refractivity contribution in [2.24, 2.45) is 11.8 Å². The number of nitrogens with one attached hydrogen (secondary N) is 1. The van der Waals surface area contributed by atoms with Crippen molar-refractivity contribution in [2.75, 3.05) is 5.75 Å². The molecule has 3 N–H and O–H groups in total. The Bertz CT molecular complexity index is 1180. The second kappa shape index (κ2) is 10.8. The molecule has 33 heavy (non-hydrogen) atoms. The van der Waals surface area contributed by atoms with E-state index in [1.807, 2.05) is 30.3 Å². The van der Waals surface area contributed by atoms with Gasteiger partial charge in [-0.15, -0.1) is 11.3 Å². The molecule has 10 heteroatoms. The topological polar surface area (TPSA) is 117 Å². The van der Waals surface area contributed by atoms with Gasteiger partial charge in [-0.1, -0.05) is 50.6 Å². The van der Waals surface area contributed by atoms with Crippen LogP contribution in [0.4, 0.5) is 0 Å². The zero-order chi connectivity index (χ0) is 22.7. The molecule has 3 aromatic rings. The van der Waals surface area contributed by atoms with Crippen LogP contribution in [0.1, 0.15) is 32.3 Å². The summed E-state index contributed by atoms with van der Waals surface area (Å²) in [7, 11) is -5.46. The second-order valence-corrected chi connectivity index (χ2v) is 11.3. The third kappa shape index (κ3) is 6.63. The molecule has 7 nitrogen and oxygen atoms in total. The Kier molecular flexibility index (Phi) is 8.28. The van der Waals surface area contributed by atoms with Gasteiger partial charge in [-0.3, -0.25) is 4.79 Å². The summed E-state index contributed by atoms with van der Waals surface area (Å²) >= 11 is 1.36. The summed E-state index contributed by atoms with van der Waals surface area (Å²) in [5.74, 6) is -2.19. The van der Waals surface area contributed by atoms with Gasteiger partial charge in [-0.2, -0.15) is 0 Å². The maximum absolute atomic E-state index is 13.2. The van der Waals surface area contributed by atoms with Crippen molar-refractivity contribution >= 4 is 44.4 Å². The fraction of sp³-hybridized carbons (Fsp3) is 0.391. The molecule has 0 bridgehead atoms. The van der Waals surface area contributed by atoms with Gasteiger partial charge in [0.05, 0.1) is 38.2 Å². The van der Waals surface area contributed by atoms with Gasteiger partial charge >= 0.3 is 7.12 Å². The Morgan fingerprint density at radius 1 is 1.18 bits per heavy atom. The first-order valence-electron chi connectivity index (χ1n) is 10.6. The number of fused-ring (bicyclic) bond motifs is 1. The lowest BCUT2D eigenvalue weighted by molar-refractivity contribution is -0.124. The average molecular weight is 488 g/mol. The number of nitrogens with zero attached hydrogens (tertiary/aromatic N) is 1. The van der Waals surface area contributed by atoms with E-state index >= 15 is 0 Å². The Balaban J connectivity index is 0.00000306. The third-order valence-electron chi connectivity index (χ3n) is 5.75. The number of hydrogen-bond donors (Lipinski definition) is 3. The lowest BCUT2D eigenvalue weighted by Gasteiger charge is -2.22. The van der Waals surface area contributed by atoms with Gasteiger partial charge in [0.1, 0.15) is 0 Å². The molecule has 1 amide bonds. The van der Waals surface area contributed by atoms with Crippen LogP contribution in [0.2, 0.25) is 0 Å². The van der Waals surface area contributed by atoms with Crippen LogP contribution >= 0.6 is 11.3 Å². The van der Waals surface area contributed by atoms with Gasteiger partial charge in [-0.05, 0) is 42.5 Å². The van der Waals surface area contributed by atoms with Gasteiger partial charge in [0.25, 0.3) is 0 Å². The molecule has 2 atom stereocenters. The molecule has 1 aromatic heterocycles. The number of sulfone groups is 1. The molecular formula is C23H29BN2O5S2. The summed E-state index contributed by atoms with van der Waals surface area (Å²) < 4.78 is 27.2. The zero-order valence-corrected chi connectivity index (χ0v) is 19.1. The number of benzene rings is 2. The van der Waals surface area contributed by atoms with Crippen molar-refractivity contribution < 1.29 is 23.3 Å². The molecule has 0 aliphatic heterocycles. The fourth-order valence-corrected chi connectivity index (χ4v) is 6.14. The number of thiazole rings is 1. The maximum atomic E-state index is 13.2. The number of aromatic nitrogens is 1. The predicted octanol–water partition coefficient (Wildman–Crippen LogP) is 2.86. The molecule has 0 radical (unpaired) electrons. The largest absolute Gasteiger partial charge is 0.475 e. The van der Waals surface area contributed by atoms with E-state index in [1.54, 1.807) is 17.6 Å². The highest BCUT2D eigenvalue weighted by atomic mass is 32.2. The molecular weight excluding hydrogens is 459 g/mol. The van der Waals surface area contributed by atoms with Crippen LogP contribution in [-0.2, 0) is 21.1 Å². The minimum atomic E-state index is -3.77. The monoisotopic (exact) mass is 488 g/mol. The minimum Gasteiger partial charge on any atom is -0.426 e. The maximum Gasteiger partial charge on any atom is 0.475 e. The SMILES string of the molecule is C.O=C(N[C@@H](CC1CC1)B(O)O)[C@H](Cc1ccccc1)CS(=O)(=O)c1ccc2ncsc2c1. The van der Waals surface area contributed by atoms with Crippen LogP contribution in [0, 0.1) is 11.8 Å². The van der Waals surface area contributed by atoms with E-state index < -0.39 is 34.7 Å². The molecule has 4 rings (SSSR count). The van der Waals surface area contributed by atoms with Crippen molar-refractivity contribution in [3.05, 3.63) is 59.6 Å². The van der Waals surface area contributed by atoms with Crippen LogP contribution in [0.25, 0.3) is 10.2 Å². The Morgan fingerprint density at radius 2 is 1.91 bits per heavy atom. The standard InChI is InChI=1S/C22H25BN2O5S2.CH4/c26-22(25-21(23(27)28)11-16-6-7-16)17(10-15-4-2-1-3-5-15)13-32(29,30)18-8-9-19-20(12-18)31-14-24-19;/h1-5,8-9,12,14,16-17,21,27-28H,6-7,10-11,13H2,(H,25,26);1H4/t17-,21+;/m1./s1.